The highest BCUT2D eigenvalue weighted by molar-refractivity contribution is 6.20. The molecule has 0 radical (unpaired) electrons. The Labute approximate surface area is 172 Å². The molecule has 0 aliphatic carbocycles. The van der Waals surface area contributed by atoms with Gasteiger partial charge in [0.15, 0.2) is 28.6 Å². The van der Waals surface area contributed by atoms with E-state index in [1.54, 1.807) is 6.07 Å². The second-order valence-corrected chi connectivity index (χ2v) is 6.19. The third-order valence-electron chi connectivity index (χ3n) is 4.57. The molecule has 9 heteroatoms. The Morgan fingerprint density at radius 3 is 2.17 bits per heavy atom. The number of phenolic OH excluding ortho intramolecular Hbond substituents is 1. The smallest absolute Gasteiger partial charge is 0.205 e. The molecule has 160 valence electrons. The van der Waals surface area contributed by atoms with Gasteiger partial charge in [0.05, 0.1) is 40.6 Å². The molecule has 0 fully saturated rings. The third-order valence-corrected chi connectivity index (χ3v) is 4.57. The highest BCUT2D eigenvalue weighted by Crippen LogP contribution is 2.43. The normalized spacial score (nSPS) is 10.7. The maximum Gasteiger partial charge on any atom is 0.205 e. The van der Waals surface area contributed by atoms with Crippen LogP contribution in [0.5, 0.6) is 28.7 Å². The van der Waals surface area contributed by atoms with E-state index in [0.29, 0.717) is 22.6 Å². The first kappa shape index (κ1) is 21.1. The summed E-state index contributed by atoms with van der Waals surface area (Å²) in [6, 6.07) is 6.21. The monoisotopic (exact) mass is 417 g/mol. The number of aliphatic hydroxyl groups excluding tert-OH is 1. The molecule has 0 aliphatic heterocycles. The lowest BCUT2D eigenvalue weighted by molar-refractivity contribution is 0.103. The van der Waals surface area contributed by atoms with E-state index in [0.717, 1.165) is 0 Å². The lowest BCUT2D eigenvalue weighted by Crippen LogP contribution is -2.10. The van der Waals surface area contributed by atoms with Crippen molar-refractivity contribution in [3.8, 4) is 28.7 Å². The van der Waals surface area contributed by atoms with Crippen LogP contribution < -0.4 is 24.3 Å². The molecule has 0 atom stereocenters. The Kier molecular flexibility index (Phi) is 6.22. The standard InChI is InChI=1S/C21H23NO8/c1-26-13-6-5-12-16(21(22-7-8-23)30-19(12)18(13)25)17(24)11-9-14(27-2)20(29-4)15(10-11)28-3/h5-6,9-10,22-23,25H,7-8H2,1-4H3. The number of rotatable bonds is 9. The summed E-state index contributed by atoms with van der Waals surface area (Å²) in [7, 11) is 5.80. The zero-order chi connectivity index (χ0) is 21.8. The van der Waals surface area contributed by atoms with E-state index >= 15 is 0 Å². The Morgan fingerprint density at radius 2 is 1.63 bits per heavy atom. The van der Waals surface area contributed by atoms with Gasteiger partial charge in [0.1, 0.15) is 0 Å². The molecule has 3 rings (SSSR count). The van der Waals surface area contributed by atoms with Crippen molar-refractivity contribution >= 4 is 22.6 Å². The largest absolute Gasteiger partial charge is 0.502 e. The van der Waals surface area contributed by atoms with Crippen LogP contribution in [-0.4, -0.2) is 57.6 Å². The van der Waals surface area contributed by atoms with E-state index in [9.17, 15) is 15.0 Å². The van der Waals surface area contributed by atoms with Gasteiger partial charge >= 0.3 is 0 Å². The number of furan rings is 1. The molecule has 3 aromatic rings. The van der Waals surface area contributed by atoms with Crippen LogP contribution in [0.3, 0.4) is 0 Å². The zero-order valence-corrected chi connectivity index (χ0v) is 17.1. The number of aliphatic hydroxyl groups is 1. The molecule has 2 aromatic carbocycles. The van der Waals surface area contributed by atoms with Gasteiger partial charge in [0.2, 0.25) is 17.4 Å². The Morgan fingerprint density at radius 1 is 1.00 bits per heavy atom. The molecule has 0 saturated carbocycles. The van der Waals surface area contributed by atoms with Crippen molar-refractivity contribution in [2.24, 2.45) is 0 Å². The summed E-state index contributed by atoms with van der Waals surface area (Å²) in [6.45, 7) is -0.0303. The molecule has 0 aliphatic rings. The maximum absolute atomic E-state index is 13.5. The summed E-state index contributed by atoms with van der Waals surface area (Å²) < 4.78 is 26.8. The topological polar surface area (TPSA) is 120 Å². The highest BCUT2D eigenvalue weighted by Gasteiger charge is 2.27. The summed E-state index contributed by atoms with van der Waals surface area (Å²) in [5, 5.41) is 22.9. The lowest BCUT2D eigenvalue weighted by Gasteiger charge is -2.14. The fourth-order valence-corrected chi connectivity index (χ4v) is 3.17. The third kappa shape index (κ3) is 3.55. The molecule has 0 unspecified atom stereocenters. The summed E-state index contributed by atoms with van der Waals surface area (Å²) in [5.41, 5.74) is 0.533. The molecule has 9 nitrogen and oxygen atoms in total. The first-order valence-electron chi connectivity index (χ1n) is 9.02. The van der Waals surface area contributed by atoms with Crippen LogP contribution in [0, 0.1) is 0 Å². The van der Waals surface area contributed by atoms with E-state index in [1.807, 2.05) is 0 Å². The number of methoxy groups -OCH3 is 4. The van der Waals surface area contributed by atoms with Crippen molar-refractivity contribution in [1.29, 1.82) is 0 Å². The maximum atomic E-state index is 13.5. The van der Waals surface area contributed by atoms with Crippen molar-refractivity contribution in [2.75, 3.05) is 46.9 Å². The fraction of sp³-hybridized carbons (Fsp3) is 0.286. The van der Waals surface area contributed by atoms with E-state index in [1.165, 1.54) is 46.6 Å². The predicted octanol–water partition coefficient (Wildman–Crippen LogP) is 2.81. The van der Waals surface area contributed by atoms with Gasteiger partial charge < -0.3 is 38.9 Å². The molecule has 1 aromatic heterocycles. The molecular formula is C21H23NO8. The van der Waals surface area contributed by atoms with E-state index in [2.05, 4.69) is 5.32 Å². The van der Waals surface area contributed by atoms with Crippen molar-refractivity contribution < 1.29 is 38.4 Å². The fourth-order valence-electron chi connectivity index (χ4n) is 3.17. The van der Waals surface area contributed by atoms with Crippen molar-refractivity contribution in [1.82, 2.24) is 0 Å². The highest BCUT2D eigenvalue weighted by atomic mass is 16.5. The van der Waals surface area contributed by atoms with Crippen LogP contribution in [0.15, 0.2) is 28.7 Å². The minimum Gasteiger partial charge on any atom is -0.502 e. The lowest BCUT2D eigenvalue weighted by atomic mass is 10.0. The Hall–Kier alpha value is -3.59. The van der Waals surface area contributed by atoms with Gasteiger partial charge in [-0.15, -0.1) is 0 Å². The van der Waals surface area contributed by atoms with Gasteiger partial charge in [-0.25, -0.2) is 0 Å². The van der Waals surface area contributed by atoms with Crippen LogP contribution in [0.25, 0.3) is 11.0 Å². The first-order chi connectivity index (χ1) is 14.5. The van der Waals surface area contributed by atoms with Gasteiger partial charge in [-0.05, 0) is 24.3 Å². The van der Waals surface area contributed by atoms with Crippen LogP contribution >= 0.6 is 0 Å². The molecule has 0 amide bonds. The Balaban J connectivity index is 2.22. The van der Waals surface area contributed by atoms with Crippen molar-refractivity contribution in [2.45, 2.75) is 0 Å². The summed E-state index contributed by atoms with van der Waals surface area (Å²) in [4.78, 5) is 13.5. The van der Waals surface area contributed by atoms with Crippen molar-refractivity contribution in [3.05, 3.63) is 35.4 Å². The molecule has 0 saturated heterocycles. The average molecular weight is 417 g/mol. The number of aromatic hydroxyl groups is 1. The minimum absolute atomic E-state index is 0.0885. The summed E-state index contributed by atoms with van der Waals surface area (Å²) in [6.07, 6.45) is 0. The van der Waals surface area contributed by atoms with E-state index in [-0.39, 0.29) is 47.2 Å². The summed E-state index contributed by atoms with van der Waals surface area (Å²) in [5.74, 6) is 0.682. The number of hydrogen-bond donors (Lipinski definition) is 3. The number of nitrogens with one attached hydrogen (secondary N) is 1. The molecule has 3 N–H and O–H groups in total. The second-order valence-electron chi connectivity index (χ2n) is 6.19. The number of carbonyl (C=O) groups is 1. The van der Waals surface area contributed by atoms with Crippen LogP contribution in [0.2, 0.25) is 0 Å². The number of anilines is 1. The number of fused-ring (bicyclic) bond motifs is 1. The predicted molar refractivity (Wildman–Crippen MR) is 110 cm³/mol. The number of ketones is 1. The second kappa shape index (κ2) is 8.83. The Bertz CT molecular complexity index is 1050. The van der Waals surface area contributed by atoms with Crippen LogP contribution in [0.4, 0.5) is 5.88 Å². The van der Waals surface area contributed by atoms with Gasteiger partial charge in [0, 0.05) is 17.5 Å². The number of carbonyl (C=O) groups excluding carboxylic acids is 1. The van der Waals surface area contributed by atoms with E-state index < -0.39 is 5.78 Å². The molecule has 1 heterocycles. The first-order valence-corrected chi connectivity index (χ1v) is 9.02. The van der Waals surface area contributed by atoms with Crippen LogP contribution in [-0.2, 0) is 0 Å². The molecule has 0 bridgehead atoms. The van der Waals surface area contributed by atoms with Crippen LogP contribution in [0.1, 0.15) is 15.9 Å². The number of hydrogen-bond acceptors (Lipinski definition) is 9. The average Bonchev–Trinajstić information content (AvgIpc) is 3.15. The number of benzene rings is 2. The van der Waals surface area contributed by atoms with E-state index in [4.69, 9.17) is 23.4 Å². The van der Waals surface area contributed by atoms with Gasteiger partial charge in [-0.1, -0.05) is 0 Å². The van der Waals surface area contributed by atoms with Gasteiger partial charge in [0.25, 0.3) is 0 Å². The van der Waals surface area contributed by atoms with Gasteiger partial charge in [-0.3, -0.25) is 4.79 Å². The molecule has 0 spiro atoms. The number of ether oxygens (including phenoxy) is 4. The quantitative estimate of drug-likeness (QED) is 0.451. The number of phenols is 1. The summed E-state index contributed by atoms with van der Waals surface area (Å²) >= 11 is 0. The van der Waals surface area contributed by atoms with Gasteiger partial charge in [-0.2, -0.15) is 0 Å². The minimum atomic E-state index is -0.405. The molecular weight excluding hydrogens is 394 g/mol. The molecule has 30 heavy (non-hydrogen) atoms. The SMILES string of the molecule is COc1cc(C(=O)c2c(NCCO)oc3c(O)c(OC)ccc23)cc(OC)c1OC. The van der Waals surface area contributed by atoms with Crippen molar-refractivity contribution in [3.63, 3.8) is 0 Å². The zero-order valence-electron chi connectivity index (χ0n) is 17.1.